The van der Waals surface area contributed by atoms with Crippen molar-refractivity contribution >= 4 is 0 Å². The van der Waals surface area contributed by atoms with Crippen molar-refractivity contribution in [2.75, 3.05) is 0 Å². The average Bonchev–Trinajstić information content (AvgIpc) is 1.98. The molecular formula is C6H4F8O2. The zero-order chi connectivity index (χ0) is 13.1. The highest BCUT2D eigenvalue weighted by molar-refractivity contribution is 4.87. The van der Waals surface area contributed by atoms with E-state index in [1.807, 2.05) is 0 Å². The predicted octanol–water partition coefficient (Wildman–Crippen LogP) is 3.56. The monoisotopic (exact) mass is 260 g/mol. The van der Waals surface area contributed by atoms with Crippen LogP contribution in [0.4, 0.5) is 35.1 Å². The molecule has 2 nitrogen and oxygen atoms in total. The third-order valence-corrected chi connectivity index (χ3v) is 1.14. The Hall–Kier alpha value is -1.22. The Morgan fingerprint density at radius 3 is 1.75 bits per heavy atom. The maximum Gasteiger partial charge on any atom is 0.460 e. The van der Waals surface area contributed by atoms with E-state index in [1.54, 1.807) is 0 Å². The Morgan fingerprint density at radius 1 is 1.06 bits per heavy atom. The fourth-order valence-electron chi connectivity index (χ4n) is 0.420. The quantitative estimate of drug-likeness (QED) is 0.568. The molecule has 1 unspecified atom stereocenters. The van der Waals surface area contributed by atoms with Crippen molar-refractivity contribution in [2.24, 2.45) is 0 Å². The molecule has 0 N–H and O–H groups in total. The lowest BCUT2D eigenvalue weighted by molar-refractivity contribution is -0.331. The third kappa shape index (κ3) is 4.11. The fraction of sp³-hybridized carbons (Fsp3) is 0.667. The Bertz CT molecular complexity index is 264. The van der Waals surface area contributed by atoms with Crippen LogP contribution in [0.1, 0.15) is 6.92 Å². The molecule has 0 aromatic heterocycles. The van der Waals surface area contributed by atoms with E-state index in [1.165, 1.54) is 0 Å². The molecule has 0 fully saturated rings. The van der Waals surface area contributed by atoms with Gasteiger partial charge in [0.15, 0.2) is 0 Å². The first-order valence-electron chi connectivity index (χ1n) is 3.42. The van der Waals surface area contributed by atoms with Crippen LogP contribution in [-0.4, -0.2) is 18.6 Å². The molecule has 0 saturated carbocycles. The molecule has 0 heterocycles. The van der Waals surface area contributed by atoms with E-state index in [9.17, 15) is 35.1 Å². The molecule has 0 aromatic rings. The van der Waals surface area contributed by atoms with E-state index < -0.39 is 30.7 Å². The maximum atomic E-state index is 12.6. The summed E-state index contributed by atoms with van der Waals surface area (Å²) >= 11 is 0. The van der Waals surface area contributed by atoms with Crippen molar-refractivity contribution in [1.82, 2.24) is 0 Å². The molecular weight excluding hydrogens is 256 g/mol. The fourth-order valence-corrected chi connectivity index (χ4v) is 0.420. The summed E-state index contributed by atoms with van der Waals surface area (Å²) in [5, 5.41) is 0. The van der Waals surface area contributed by atoms with Gasteiger partial charge in [-0.3, -0.25) is 0 Å². The van der Waals surface area contributed by atoms with Gasteiger partial charge >= 0.3 is 30.7 Å². The van der Waals surface area contributed by atoms with E-state index in [0.717, 1.165) is 0 Å². The molecule has 0 aliphatic heterocycles. The van der Waals surface area contributed by atoms with Gasteiger partial charge in [-0.05, 0) is 0 Å². The standard InChI is InChI=1S/C6H4F8O2/c1-5(11,6(12,13)14)16-3(2(7)8)15-4(9)10/h4H,1H3. The van der Waals surface area contributed by atoms with Crippen LogP contribution in [0.3, 0.4) is 0 Å². The summed E-state index contributed by atoms with van der Waals surface area (Å²) in [6.45, 7) is -4.15. The van der Waals surface area contributed by atoms with Gasteiger partial charge < -0.3 is 9.47 Å². The SMILES string of the molecule is CC(F)(OC(OC(F)F)=C(F)F)C(F)(F)F. The van der Waals surface area contributed by atoms with Crippen LogP contribution in [0.25, 0.3) is 0 Å². The molecule has 0 saturated heterocycles. The van der Waals surface area contributed by atoms with Gasteiger partial charge in [0.05, 0.1) is 0 Å². The van der Waals surface area contributed by atoms with E-state index in [2.05, 4.69) is 9.47 Å². The van der Waals surface area contributed by atoms with Gasteiger partial charge in [0.25, 0.3) is 0 Å². The number of hydrogen-bond acceptors (Lipinski definition) is 2. The molecule has 10 heteroatoms. The Labute approximate surface area is 83.4 Å². The lowest BCUT2D eigenvalue weighted by atomic mass is 10.3. The highest BCUT2D eigenvalue weighted by atomic mass is 19.4. The number of hydrogen-bond donors (Lipinski definition) is 0. The minimum absolute atomic E-state index is 0.273. The molecule has 0 bridgehead atoms. The molecule has 0 aromatic carbocycles. The Kier molecular flexibility index (Phi) is 4.38. The van der Waals surface area contributed by atoms with E-state index >= 15 is 0 Å². The highest BCUT2D eigenvalue weighted by Gasteiger charge is 2.56. The van der Waals surface area contributed by atoms with Gasteiger partial charge in [-0.25, -0.2) is 0 Å². The van der Waals surface area contributed by atoms with Crippen LogP contribution in [0.15, 0.2) is 12.0 Å². The van der Waals surface area contributed by atoms with Gasteiger partial charge in [-0.1, -0.05) is 0 Å². The van der Waals surface area contributed by atoms with Crippen LogP contribution >= 0.6 is 0 Å². The van der Waals surface area contributed by atoms with Crippen LogP contribution in [-0.2, 0) is 9.47 Å². The van der Waals surface area contributed by atoms with Crippen molar-refractivity contribution in [3.05, 3.63) is 12.0 Å². The molecule has 0 spiro atoms. The van der Waals surface area contributed by atoms with E-state index in [4.69, 9.17) is 0 Å². The first-order valence-corrected chi connectivity index (χ1v) is 3.42. The smallest absolute Gasteiger partial charge is 0.415 e. The van der Waals surface area contributed by atoms with Crippen molar-refractivity contribution in [2.45, 2.75) is 25.6 Å². The van der Waals surface area contributed by atoms with Gasteiger partial charge in [-0.15, -0.1) is 0 Å². The van der Waals surface area contributed by atoms with E-state index in [-0.39, 0.29) is 6.92 Å². The van der Waals surface area contributed by atoms with Crippen LogP contribution < -0.4 is 0 Å². The molecule has 1 atom stereocenters. The average molecular weight is 260 g/mol. The molecule has 0 aliphatic carbocycles. The molecule has 0 radical (unpaired) electrons. The van der Waals surface area contributed by atoms with Crippen molar-refractivity contribution in [3.63, 3.8) is 0 Å². The summed E-state index contributed by atoms with van der Waals surface area (Å²) in [5.74, 6) is -7.09. The molecule has 96 valence electrons. The molecule has 0 amide bonds. The molecule has 0 rings (SSSR count). The summed E-state index contributed by atoms with van der Waals surface area (Å²) in [7, 11) is 0. The van der Waals surface area contributed by atoms with Crippen molar-refractivity contribution in [3.8, 4) is 0 Å². The van der Waals surface area contributed by atoms with Gasteiger partial charge in [0, 0.05) is 6.92 Å². The molecule has 16 heavy (non-hydrogen) atoms. The number of rotatable bonds is 4. The van der Waals surface area contributed by atoms with Gasteiger partial charge in [0.2, 0.25) is 0 Å². The Balaban J connectivity index is 4.86. The van der Waals surface area contributed by atoms with Gasteiger partial charge in [-0.2, -0.15) is 35.1 Å². The summed E-state index contributed by atoms with van der Waals surface area (Å²) < 4.78 is 100. The second-order valence-corrected chi connectivity index (χ2v) is 2.44. The van der Waals surface area contributed by atoms with Crippen LogP contribution in [0, 0.1) is 0 Å². The number of halogens is 8. The normalized spacial score (nSPS) is 15.6. The lowest BCUT2D eigenvalue weighted by Gasteiger charge is -2.24. The van der Waals surface area contributed by atoms with Gasteiger partial charge in [0.1, 0.15) is 0 Å². The Morgan fingerprint density at radius 2 is 1.50 bits per heavy atom. The van der Waals surface area contributed by atoms with Crippen molar-refractivity contribution < 1.29 is 44.6 Å². The minimum Gasteiger partial charge on any atom is -0.415 e. The second kappa shape index (κ2) is 4.74. The zero-order valence-corrected chi connectivity index (χ0v) is 7.42. The second-order valence-electron chi connectivity index (χ2n) is 2.44. The van der Waals surface area contributed by atoms with Crippen LogP contribution in [0.5, 0.6) is 0 Å². The third-order valence-electron chi connectivity index (χ3n) is 1.14. The minimum atomic E-state index is -5.68. The highest BCUT2D eigenvalue weighted by Crippen LogP contribution is 2.37. The number of alkyl halides is 6. The lowest BCUT2D eigenvalue weighted by Crippen LogP contribution is -2.40. The zero-order valence-electron chi connectivity index (χ0n) is 7.42. The summed E-state index contributed by atoms with van der Waals surface area (Å²) in [6.07, 6.45) is -8.83. The van der Waals surface area contributed by atoms with Crippen molar-refractivity contribution in [1.29, 1.82) is 0 Å². The first-order chi connectivity index (χ1) is 6.97. The largest absolute Gasteiger partial charge is 0.460 e. The first kappa shape index (κ1) is 14.8. The summed E-state index contributed by atoms with van der Waals surface area (Å²) in [5.41, 5.74) is 0. The molecule has 0 aliphatic rings. The maximum absolute atomic E-state index is 12.6. The topological polar surface area (TPSA) is 18.5 Å². The number of ether oxygens (including phenoxy) is 2. The summed E-state index contributed by atoms with van der Waals surface area (Å²) in [6, 6.07) is 0. The van der Waals surface area contributed by atoms with E-state index in [0.29, 0.717) is 0 Å². The summed E-state index contributed by atoms with van der Waals surface area (Å²) in [4.78, 5) is 0. The predicted molar refractivity (Wildman–Crippen MR) is 33.0 cm³/mol. The van der Waals surface area contributed by atoms with Crippen LogP contribution in [0.2, 0.25) is 0 Å².